The minimum atomic E-state index is -0.827. The third-order valence-corrected chi connectivity index (χ3v) is 9.11. The van der Waals surface area contributed by atoms with Crippen molar-refractivity contribution in [2.75, 3.05) is 24.4 Å². The molecule has 0 radical (unpaired) electrons. The van der Waals surface area contributed by atoms with Crippen molar-refractivity contribution < 1.29 is 23.8 Å². The van der Waals surface area contributed by atoms with E-state index in [0.29, 0.717) is 70.4 Å². The van der Waals surface area contributed by atoms with E-state index in [0.717, 1.165) is 0 Å². The highest BCUT2D eigenvalue weighted by molar-refractivity contribution is 7.99. The molecule has 1 aromatic heterocycles. The largest absolute Gasteiger partial charge is 0.477 e. The van der Waals surface area contributed by atoms with Crippen LogP contribution >= 0.6 is 11.8 Å². The van der Waals surface area contributed by atoms with E-state index in [1.807, 2.05) is 31.2 Å². The van der Waals surface area contributed by atoms with Crippen LogP contribution in [-0.4, -0.2) is 52.5 Å². The van der Waals surface area contributed by atoms with Gasteiger partial charge in [-0.1, -0.05) is 41.9 Å². The highest BCUT2D eigenvalue weighted by atomic mass is 32.2. The lowest BCUT2D eigenvalue weighted by Gasteiger charge is -2.31. The van der Waals surface area contributed by atoms with Gasteiger partial charge in [-0.3, -0.25) is 9.59 Å². The number of imide groups is 1. The maximum atomic E-state index is 14.1. The van der Waals surface area contributed by atoms with Gasteiger partial charge in [0.1, 0.15) is 0 Å². The number of carbonyl (C=O) groups is 2. The van der Waals surface area contributed by atoms with Crippen LogP contribution in [0.5, 0.6) is 5.88 Å². The fourth-order valence-electron chi connectivity index (χ4n) is 6.67. The number of amides is 2. The molecule has 3 aromatic rings. The first kappa shape index (κ1) is 27.2. The first-order chi connectivity index (χ1) is 19.8. The van der Waals surface area contributed by atoms with Crippen LogP contribution < -0.4 is 9.64 Å². The standard InChI is InChI=1S/C31H28N4O5S/c1-4-15-41-29-33-20(18-38-3)16-24(34-29)39-14-13-31-12-11-30(2,40-31)25-26(31)28(37)35(27(25)36)23-10-9-19(17-32)21-7-5-6-8-22(21)23/h1,5-10,16,25-26H,11-15,18H2,2-3H3/t25-,26+,30-,31-/m0/s1. The summed E-state index contributed by atoms with van der Waals surface area (Å²) in [6.07, 6.45) is 7.13. The number of nitrogens with zero attached hydrogens (tertiary/aromatic N) is 4. The van der Waals surface area contributed by atoms with Crippen molar-refractivity contribution in [3.63, 3.8) is 0 Å². The molecule has 9 nitrogen and oxygen atoms in total. The third kappa shape index (κ3) is 4.43. The summed E-state index contributed by atoms with van der Waals surface area (Å²) in [6.45, 7) is 2.47. The number of rotatable bonds is 9. The number of thioether (sulfide) groups is 1. The van der Waals surface area contributed by atoms with Crippen LogP contribution in [0.3, 0.4) is 0 Å². The topological polar surface area (TPSA) is 115 Å². The highest BCUT2D eigenvalue weighted by Crippen LogP contribution is 2.62. The van der Waals surface area contributed by atoms with Crippen molar-refractivity contribution in [2.24, 2.45) is 11.8 Å². The normalized spacial score (nSPS) is 26.3. The molecule has 10 heteroatoms. The zero-order valence-corrected chi connectivity index (χ0v) is 23.6. The maximum absolute atomic E-state index is 14.1. The molecule has 3 aliphatic heterocycles. The predicted octanol–water partition coefficient (Wildman–Crippen LogP) is 4.27. The molecule has 2 aromatic carbocycles. The van der Waals surface area contributed by atoms with Crippen LogP contribution in [0.1, 0.15) is 37.4 Å². The Hall–Kier alpha value is -3.96. The number of carbonyl (C=O) groups excluding carboxylic acids is 2. The zero-order valence-electron chi connectivity index (χ0n) is 22.8. The van der Waals surface area contributed by atoms with Gasteiger partial charge in [-0.05, 0) is 31.9 Å². The number of hydrogen-bond acceptors (Lipinski definition) is 9. The van der Waals surface area contributed by atoms with E-state index in [2.05, 4.69) is 22.0 Å². The fraction of sp³-hybridized carbons (Fsp3) is 0.387. The second-order valence-corrected chi connectivity index (χ2v) is 11.7. The minimum Gasteiger partial charge on any atom is -0.477 e. The number of hydrogen-bond donors (Lipinski definition) is 0. The van der Waals surface area contributed by atoms with Gasteiger partial charge in [0, 0.05) is 30.4 Å². The number of terminal acetylenes is 1. The molecule has 41 heavy (non-hydrogen) atoms. The summed E-state index contributed by atoms with van der Waals surface area (Å²) >= 11 is 1.33. The van der Waals surface area contributed by atoms with Crippen molar-refractivity contribution in [2.45, 2.75) is 49.2 Å². The van der Waals surface area contributed by atoms with Crippen LogP contribution in [0.25, 0.3) is 10.8 Å². The molecule has 6 rings (SSSR count). The summed E-state index contributed by atoms with van der Waals surface area (Å²) in [4.78, 5) is 38.3. The van der Waals surface area contributed by atoms with Crippen LogP contribution in [0.2, 0.25) is 0 Å². The van der Waals surface area contributed by atoms with Gasteiger partial charge in [-0.25, -0.2) is 9.88 Å². The van der Waals surface area contributed by atoms with Gasteiger partial charge in [0.15, 0.2) is 5.16 Å². The monoisotopic (exact) mass is 568 g/mol. The smallest absolute Gasteiger partial charge is 0.240 e. The zero-order chi connectivity index (χ0) is 28.8. The van der Waals surface area contributed by atoms with Crippen LogP contribution in [0.15, 0.2) is 47.6 Å². The van der Waals surface area contributed by atoms with Crippen molar-refractivity contribution in [3.05, 3.63) is 53.7 Å². The number of fused-ring (bicyclic) bond motifs is 6. The lowest BCUT2D eigenvalue weighted by molar-refractivity contribution is -0.131. The Bertz CT molecular complexity index is 1650. The summed E-state index contributed by atoms with van der Waals surface area (Å²) in [6, 6.07) is 14.6. The number of aromatic nitrogens is 2. The van der Waals surface area contributed by atoms with Crippen molar-refractivity contribution in [1.29, 1.82) is 5.26 Å². The molecule has 0 spiro atoms. The van der Waals surface area contributed by atoms with E-state index >= 15 is 0 Å². The predicted molar refractivity (Wildman–Crippen MR) is 152 cm³/mol. The molecule has 3 fully saturated rings. The molecule has 0 N–H and O–H groups in total. The maximum Gasteiger partial charge on any atom is 0.240 e. The lowest BCUT2D eigenvalue weighted by Crippen LogP contribution is -2.43. The van der Waals surface area contributed by atoms with Gasteiger partial charge < -0.3 is 14.2 Å². The fourth-order valence-corrected chi connectivity index (χ4v) is 7.22. The van der Waals surface area contributed by atoms with Crippen molar-refractivity contribution in [3.8, 4) is 24.3 Å². The van der Waals surface area contributed by atoms with E-state index in [1.54, 1.807) is 25.3 Å². The van der Waals surface area contributed by atoms with Gasteiger partial charge in [0.2, 0.25) is 17.7 Å². The Labute approximate surface area is 242 Å². The number of methoxy groups -OCH3 is 1. The summed E-state index contributed by atoms with van der Waals surface area (Å²) < 4.78 is 17.9. The van der Waals surface area contributed by atoms with Gasteiger partial charge in [0.05, 0.1) is 65.0 Å². The van der Waals surface area contributed by atoms with Crippen LogP contribution in [-0.2, 0) is 25.7 Å². The molecule has 0 saturated carbocycles. The molecule has 4 heterocycles. The number of nitriles is 1. The molecule has 3 aliphatic rings. The number of anilines is 1. The van der Waals surface area contributed by atoms with E-state index < -0.39 is 23.0 Å². The highest BCUT2D eigenvalue weighted by Gasteiger charge is 2.73. The molecule has 4 atom stereocenters. The van der Waals surface area contributed by atoms with E-state index in [1.165, 1.54) is 16.7 Å². The molecule has 2 amide bonds. The van der Waals surface area contributed by atoms with E-state index in [-0.39, 0.29) is 18.4 Å². The summed E-state index contributed by atoms with van der Waals surface area (Å²) in [5, 5.41) is 11.5. The Kier molecular flexibility index (Phi) is 6.95. The summed E-state index contributed by atoms with van der Waals surface area (Å²) in [7, 11) is 1.59. The Morgan fingerprint density at radius 1 is 1.15 bits per heavy atom. The van der Waals surface area contributed by atoms with Crippen molar-refractivity contribution in [1.82, 2.24) is 9.97 Å². The Balaban J connectivity index is 1.27. The molecule has 208 valence electrons. The third-order valence-electron chi connectivity index (χ3n) is 8.36. The average Bonchev–Trinajstić information content (AvgIpc) is 3.55. The second kappa shape index (κ2) is 10.5. The molecular formula is C31H28N4O5S. The molecular weight excluding hydrogens is 540 g/mol. The first-order valence-corrected chi connectivity index (χ1v) is 14.4. The molecule has 3 saturated heterocycles. The quantitative estimate of drug-likeness (QED) is 0.162. The van der Waals surface area contributed by atoms with Gasteiger partial charge in [-0.2, -0.15) is 10.2 Å². The van der Waals surface area contributed by atoms with Crippen LogP contribution in [0.4, 0.5) is 5.69 Å². The van der Waals surface area contributed by atoms with Gasteiger partial charge in [-0.15, -0.1) is 6.42 Å². The van der Waals surface area contributed by atoms with E-state index in [9.17, 15) is 14.9 Å². The lowest BCUT2D eigenvalue weighted by atomic mass is 9.67. The average molecular weight is 569 g/mol. The second-order valence-electron chi connectivity index (χ2n) is 10.7. The Morgan fingerprint density at radius 2 is 1.93 bits per heavy atom. The minimum absolute atomic E-state index is 0.239. The SMILES string of the molecule is C#CCSc1nc(COC)cc(OCC[C@]23CC[C@](C)(O2)[C@@H]2C(=O)N(c4ccc(C#N)c5ccccc45)C(=O)[C@@H]23)n1. The molecule has 0 aliphatic carbocycles. The Morgan fingerprint density at radius 3 is 2.68 bits per heavy atom. The summed E-state index contributed by atoms with van der Waals surface area (Å²) in [5.41, 5.74) is 0.0949. The summed E-state index contributed by atoms with van der Waals surface area (Å²) in [5.74, 6) is 1.65. The van der Waals surface area contributed by atoms with E-state index in [4.69, 9.17) is 20.6 Å². The number of benzene rings is 2. The molecule has 2 bridgehead atoms. The molecule has 0 unspecified atom stereocenters. The number of ether oxygens (including phenoxy) is 3. The van der Waals surface area contributed by atoms with Crippen LogP contribution in [0, 0.1) is 35.5 Å². The first-order valence-electron chi connectivity index (χ1n) is 13.4. The van der Waals surface area contributed by atoms with Gasteiger partial charge in [0.25, 0.3) is 0 Å². The van der Waals surface area contributed by atoms with Crippen molar-refractivity contribution >= 4 is 40.0 Å². The van der Waals surface area contributed by atoms with Gasteiger partial charge >= 0.3 is 0 Å².